The zero-order chi connectivity index (χ0) is 5.86. The number of halogens is 1. The third-order valence-corrected chi connectivity index (χ3v) is 1.10. The van der Waals surface area contributed by atoms with Gasteiger partial charge in [-0.15, -0.1) is 12.4 Å². The summed E-state index contributed by atoms with van der Waals surface area (Å²) >= 11 is 0. The lowest BCUT2D eigenvalue weighted by molar-refractivity contribution is -0.121. The lowest BCUT2D eigenvalue weighted by Crippen LogP contribution is -2.19. The molecule has 0 fully saturated rings. The smallest absolute Gasteiger partial charge is 0.220 e. The van der Waals surface area contributed by atoms with E-state index in [1.165, 1.54) is 0 Å². The van der Waals surface area contributed by atoms with Gasteiger partial charge in [0.05, 0.1) is 0 Å². The minimum atomic E-state index is -0.206. The highest BCUT2D eigenvalue weighted by molar-refractivity contribution is 5.85. The molecule has 0 aromatic rings. The minimum Gasteiger partial charge on any atom is -0.369 e. The van der Waals surface area contributed by atoms with Crippen molar-refractivity contribution in [2.45, 2.75) is 20.3 Å². The van der Waals surface area contributed by atoms with Crippen molar-refractivity contribution in [1.29, 1.82) is 0 Å². The number of amides is 1. The molecule has 1 amide bonds. The molecule has 0 aliphatic rings. The first kappa shape index (κ1) is 10.7. The van der Waals surface area contributed by atoms with Crippen molar-refractivity contribution in [2.75, 3.05) is 0 Å². The van der Waals surface area contributed by atoms with Crippen LogP contribution in [0.25, 0.3) is 0 Å². The normalized spacial score (nSPS) is 11.8. The van der Waals surface area contributed by atoms with Crippen LogP contribution in [0.15, 0.2) is 0 Å². The van der Waals surface area contributed by atoms with Gasteiger partial charge in [0.15, 0.2) is 0 Å². The Morgan fingerprint density at radius 2 is 2.12 bits per heavy atom. The zero-order valence-corrected chi connectivity index (χ0v) is 5.99. The fourth-order valence-electron chi connectivity index (χ4n) is 0.201. The number of primary amides is 1. The van der Waals surface area contributed by atoms with Gasteiger partial charge in [-0.05, 0) is 6.42 Å². The molecule has 2 nitrogen and oxygen atoms in total. The SMILES string of the molecule is CCC(C)C(N)=O.Cl. The predicted molar refractivity (Wildman–Crippen MR) is 35.9 cm³/mol. The molecule has 1 atom stereocenters. The van der Waals surface area contributed by atoms with Gasteiger partial charge in [0, 0.05) is 5.92 Å². The van der Waals surface area contributed by atoms with Gasteiger partial charge in [-0.2, -0.15) is 0 Å². The second-order valence-electron chi connectivity index (χ2n) is 1.71. The van der Waals surface area contributed by atoms with E-state index in [0.717, 1.165) is 6.42 Å². The summed E-state index contributed by atoms with van der Waals surface area (Å²) in [5.74, 6) is -0.164. The Bertz CT molecular complexity index is 74.8. The van der Waals surface area contributed by atoms with Gasteiger partial charge in [-0.1, -0.05) is 13.8 Å². The van der Waals surface area contributed by atoms with Crippen molar-refractivity contribution >= 4 is 18.3 Å². The first-order valence-electron chi connectivity index (χ1n) is 2.47. The lowest BCUT2D eigenvalue weighted by atomic mass is 10.1. The van der Waals surface area contributed by atoms with Gasteiger partial charge in [-0.25, -0.2) is 0 Å². The van der Waals surface area contributed by atoms with Crippen molar-refractivity contribution in [3.8, 4) is 0 Å². The second kappa shape index (κ2) is 4.91. The molecule has 1 unspecified atom stereocenters. The van der Waals surface area contributed by atoms with E-state index < -0.39 is 0 Å². The van der Waals surface area contributed by atoms with Crippen molar-refractivity contribution in [3.05, 3.63) is 0 Å². The molecule has 0 aliphatic heterocycles. The highest BCUT2D eigenvalue weighted by atomic mass is 35.5. The Labute approximate surface area is 55.9 Å². The molecular weight excluding hydrogens is 126 g/mol. The quantitative estimate of drug-likeness (QED) is 0.605. The average Bonchev–Trinajstić information content (AvgIpc) is 1.65. The molecular formula is C5H12ClNO. The monoisotopic (exact) mass is 137 g/mol. The molecule has 0 radical (unpaired) electrons. The number of carbonyl (C=O) groups excluding carboxylic acids is 1. The Balaban J connectivity index is 0. The number of hydrogen-bond donors (Lipinski definition) is 1. The van der Waals surface area contributed by atoms with E-state index >= 15 is 0 Å². The lowest BCUT2D eigenvalue weighted by Gasteiger charge is -1.98. The Hall–Kier alpha value is -0.240. The highest BCUT2D eigenvalue weighted by Gasteiger charge is 2.02. The highest BCUT2D eigenvalue weighted by Crippen LogP contribution is 1.96. The summed E-state index contributed by atoms with van der Waals surface area (Å²) in [5.41, 5.74) is 4.91. The van der Waals surface area contributed by atoms with Gasteiger partial charge >= 0.3 is 0 Å². The van der Waals surface area contributed by atoms with Gasteiger partial charge in [0.2, 0.25) is 5.91 Å². The van der Waals surface area contributed by atoms with Crippen LogP contribution in [0.2, 0.25) is 0 Å². The van der Waals surface area contributed by atoms with E-state index in [9.17, 15) is 4.79 Å². The fraction of sp³-hybridized carbons (Fsp3) is 0.800. The molecule has 0 rings (SSSR count). The number of rotatable bonds is 2. The minimum absolute atomic E-state index is 0. The fourth-order valence-corrected chi connectivity index (χ4v) is 0.201. The van der Waals surface area contributed by atoms with Gasteiger partial charge in [0.1, 0.15) is 0 Å². The molecule has 0 aliphatic carbocycles. The number of carbonyl (C=O) groups is 1. The van der Waals surface area contributed by atoms with E-state index in [4.69, 9.17) is 5.73 Å². The van der Waals surface area contributed by atoms with Gasteiger partial charge < -0.3 is 5.73 Å². The number of nitrogens with two attached hydrogens (primary N) is 1. The Kier molecular flexibility index (Phi) is 6.56. The summed E-state index contributed by atoms with van der Waals surface area (Å²) in [4.78, 5) is 10.2. The molecule has 8 heavy (non-hydrogen) atoms. The maximum atomic E-state index is 10.2. The van der Waals surface area contributed by atoms with Crippen LogP contribution in [-0.2, 0) is 4.79 Å². The molecule has 0 aromatic carbocycles. The van der Waals surface area contributed by atoms with E-state index in [2.05, 4.69) is 0 Å². The maximum absolute atomic E-state index is 10.2. The van der Waals surface area contributed by atoms with Crippen LogP contribution in [0.5, 0.6) is 0 Å². The van der Waals surface area contributed by atoms with Crippen molar-refractivity contribution < 1.29 is 4.79 Å². The van der Waals surface area contributed by atoms with Crippen LogP contribution < -0.4 is 5.73 Å². The third kappa shape index (κ3) is 3.93. The first-order chi connectivity index (χ1) is 3.18. The van der Waals surface area contributed by atoms with Crippen LogP contribution >= 0.6 is 12.4 Å². The molecule has 0 saturated heterocycles. The molecule has 0 heterocycles. The van der Waals surface area contributed by atoms with E-state index in [1.54, 1.807) is 0 Å². The van der Waals surface area contributed by atoms with E-state index in [-0.39, 0.29) is 24.2 Å². The molecule has 0 saturated carbocycles. The number of hydrogen-bond acceptors (Lipinski definition) is 1. The van der Waals surface area contributed by atoms with Gasteiger partial charge in [-0.3, -0.25) is 4.79 Å². The van der Waals surface area contributed by atoms with Crippen LogP contribution in [-0.4, -0.2) is 5.91 Å². The molecule has 0 spiro atoms. The Morgan fingerprint density at radius 1 is 1.75 bits per heavy atom. The van der Waals surface area contributed by atoms with E-state index in [1.807, 2.05) is 13.8 Å². The average molecular weight is 138 g/mol. The molecule has 2 N–H and O–H groups in total. The van der Waals surface area contributed by atoms with Crippen molar-refractivity contribution in [2.24, 2.45) is 11.7 Å². The molecule has 0 aromatic heterocycles. The zero-order valence-electron chi connectivity index (χ0n) is 5.18. The van der Waals surface area contributed by atoms with Crippen molar-refractivity contribution in [3.63, 3.8) is 0 Å². The van der Waals surface area contributed by atoms with Crippen LogP contribution in [0, 0.1) is 5.92 Å². The standard InChI is InChI=1S/C5H11NO.ClH/c1-3-4(2)5(6)7;/h4H,3H2,1-2H3,(H2,6,7);1H. The topological polar surface area (TPSA) is 43.1 Å². The van der Waals surface area contributed by atoms with Crippen LogP contribution in [0.3, 0.4) is 0 Å². The summed E-state index contributed by atoms with van der Waals surface area (Å²) in [7, 11) is 0. The maximum Gasteiger partial charge on any atom is 0.220 e. The molecule has 3 heteroatoms. The summed E-state index contributed by atoms with van der Waals surface area (Å²) in [5, 5.41) is 0. The summed E-state index contributed by atoms with van der Waals surface area (Å²) in [6.45, 7) is 3.76. The summed E-state index contributed by atoms with van der Waals surface area (Å²) in [6, 6.07) is 0. The summed E-state index contributed by atoms with van der Waals surface area (Å²) < 4.78 is 0. The van der Waals surface area contributed by atoms with Crippen LogP contribution in [0.4, 0.5) is 0 Å². The first-order valence-corrected chi connectivity index (χ1v) is 2.47. The third-order valence-electron chi connectivity index (χ3n) is 1.10. The Morgan fingerprint density at radius 3 is 2.12 bits per heavy atom. The van der Waals surface area contributed by atoms with E-state index in [0.29, 0.717) is 0 Å². The van der Waals surface area contributed by atoms with Crippen molar-refractivity contribution in [1.82, 2.24) is 0 Å². The molecule has 0 bridgehead atoms. The second-order valence-corrected chi connectivity index (χ2v) is 1.71. The predicted octanol–water partition coefficient (Wildman–Crippen LogP) is 0.940. The summed E-state index contributed by atoms with van der Waals surface area (Å²) in [6.07, 6.45) is 0.843. The largest absolute Gasteiger partial charge is 0.369 e. The molecule has 50 valence electrons. The van der Waals surface area contributed by atoms with Gasteiger partial charge in [0.25, 0.3) is 0 Å². The van der Waals surface area contributed by atoms with Crippen LogP contribution in [0.1, 0.15) is 20.3 Å².